The number of H-pyrrole nitrogens is 1. The predicted octanol–water partition coefficient (Wildman–Crippen LogP) is 9.88. The number of amides is 1. The van der Waals surface area contributed by atoms with Crippen LogP contribution in [0.5, 0.6) is 29.0 Å². The molecule has 6 heterocycles. The number of imidazole rings is 1. The van der Waals surface area contributed by atoms with E-state index >= 15 is 4.39 Å². The molecule has 5 N–H and O–H groups in total. The van der Waals surface area contributed by atoms with Crippen LogP contribution in [0.25, 0.3) is 16.9 Å². The minimum absolute atomic E-state index is 0.0414. The number of aromatic nitrogens is 4. The van der Waals surface area contributed by atoms with Gasteiger partial charge in [-0.15, -0.1) is 0 Å². The zero-order valence-electron chi connectivity index (χ0n) is 47.3. The average molecular weight is 1140 g/mol. The number of fused-ring (bicyclic) bond motifs is 4. The summed E-state index contributed by atoms with van der Waals surface area (Å²) >= 11 is 0. The molecule has 7 aliphatic rings. The molecule has 3 aliphatic heterocycles. The first-order valence-electron chi connectivity index (χ1n) is 29.1. The standard InChI is InChI=1S/C62H73FN10O8S/c1-36(2)41-8-6-7-9-42(41)48-34-71(33-38-16-21-64-60-54(38)68-47-28-50(47)81-60)24-25-73(48)40-30-62(31-40)19-22-72(23-20-62)39-10-11-43(49(26-39)80-52-27-44-45(63)12-13-46(44)69-59(52)79-5)58(74)70-82(76,77)53-29-51(78-4)55(57-56(53)66-35-67-57)65-32-37-14-17-61(3,75)18-15-37/h6-12,16,21,26-27,29,35-37,40,47-48,50,65,68,75H,13-15,17-20,22-25,28,30-34H2,1-5H3,(H,66,67)(H,70,74)/t37?,47?,48-,50?,61?/m0/s1. The molecule has 0 bridgehead atoms. The second-order valence-electron chi connectivity index (χ2n) is 24.5. The van der Waals surface area contributed by atoms with Crippen LogP contribution in [-0.2, 0) is 23.0 Å². The number of rotatable bonds is 16. The first kappa shape index (κ1) is 54.3. The van der Waals surface area contributed by atoms with Crippen LogP contribution in [0.15, 0.2) is 84.2 Å². The van der Waals surface area contributed by atoms with E-state index in [4.69, 9.17) is 18.9 Å². The SMILES string of the molecule is COc1cc(S(=O)(=O)NC(=O)c2ccc(N3CCC4(CC3)CC(N3CCN(Cc5ccnc6c5NC5CC5O6)C[C@H]3c3ccccc3C(C)C)C4)cc2Oc2cc3c(nc2OC)CC=C3F)c2nc[nH]c2c1NCC1CCC(C)(O)CC1. The Labute approximate surface area is 478 Å². The van der Waals surface area contributed by atoms with Gasteiger partial charge < -0.3 is 44.6 Å². The number of pyridine rings is 2. The van der Waals surface area contributed by atoms with Gasteiger partial charge in [0, 0.05) is 100 Å². The fourth-order valence-electron chi connectivity index (χ4n) is 13.8. The van der Waals surface area contributed by atoms with Gasteiger partial charge in [0.2, 0.25) is 5.88 Å². The van der Waals surface area contributed by atoms with Crippen LogP contribution in [0.2, 0.25) is 0 Å². The van der Waals surface area contributed by atoms with Gasteiger partial charge in [-0.05, 0) is 123 Å². The largest absolute Gasteiger partial charge is 0.494 e. The normalized spacial score (nSPS) is 24.1. The van der Waals surface area contributed by atoms with Crippen molar-refractivity contribution in [1.82, 2.24) is 34.5 Å². The molecule has 3 aromatic heterocycles. The molecular weight excluding hydrogens is 1060 g/mol. The minimum atomic E-state index is -4.61. The Kier molecular flexibility index (Phi) is 14.1. The number of carbonyl (C=O) groups excluding carboxylic acids is 1. The van der Waals surface area contributed by atoms with E-state index in [-0.39, 0.29) is 62.2 Å². The molecule has 3 saturated carbocycles. The molecule has 82 heavy (non-hydrogen) atoms. The van der Waals surface area contributed by atoms with Gasteiger partial charge in [-0.1, -0.05) is 38.1 Å². The molecule has 6 aromatic rings. The fourth-order valence-corrected chi connectivity index (χ4v) is 15.0. The van der Waals surface area contributed by atoms with Crippen LogP contribution >= 0.6 is 0 Å². The molecule has 13 rings (SSSR count). The van der Waals surface area contributed by atoms with Crippen LogP contribution < -0.4 is 39.2 Å². The first-order chi connectivity index (χ1) is 39.5. The molecule has 5 fully saturated rings. The Hall–Kier alpha value is -7.00. The van der Waals surface area contributed by atoms with Crippen molar-refractivity contribution in [2.24, 2.45) is 11.3 Å². The molecule has 3 aromatic carbocycles. The third-order valence-electron chi connectivity index (χ3n) is 18.7. The summed E-state index contributed by atoms with van der Waals surface area (Å²) in [5.74, 6) is 0.454. The van der Waals surface area contributed by atoms with Crippen LogP contribution in [0, 0.1) is 11.3 Å². The highest BCUT2D eigenvalue weighted by atomic mass is 32.2. The number of allylic oxidation sites excluding steroid dienone is 1. The topological polar surface area (TPSA) is 209 Å². The Morgan fingerprint density at radius 1 is 0.963 bits per heavy atom. The van der Waals surface area contributed by atoms with Crippen molar-refractivity contribution in [1.29, 1.82) is 0 Å². The quantitative estimate of drug-likeness (QED) is 0.0611. The van der Waals surface area contributed by atoms with Gasteiger partial charge in [-0.3, -0.25) is 14.6 Å². The average Bonchev–Trinajstić information content (AvgIpc) is 3.79. The van der Waals surface area contributed by atoms with Gasteiger partial charge in [0.05, 0.1) is 49.0 Å². The van der Waals surface area contributed by atoms with E-state index in [9.17, 15) is 18.3 Å². The number of carbonyl (C=O) groups is 1. The number of nitrogens with one attached hydrogen (secondary N) is 4. The van der Waals surface area contributed by atoms with Gasteiger partial charge in [-0.2, -0.15) is 0 Å². The van der Waals surface area contributed by atoms with Crippen LogP contribution in [0.3, 0.4) is 0 Å². The highest BCUT2D eigenvalue weighted by Gasteiger charge is 2.51. The van der Waals surface area contributed by atoms with Crippen molar-refractivity contribution in [3.05, 3.63) is 113 Å². The minimum Gasteiger partial charge on any atom is -0.494 e. The summed E-state index contributed by atoms with van der Waals surface area (Å²) in [6.07, 6.45) is 13.5. The summed E-state index contributed by atoms with van der Waals surface area (Å²) in [7, 11) is -1.72. The summed E-state index contributed by atoms with van der Waals surface area (Å²) in [6.45, 7) is 12.3. The maximum atomic E-state index is 15.1. The molecule has 432 valence electrons. The molecule has 0 radical (unpaired) electrons. The number of halogens is 1. The lowest BCUT2D eigenvalue weighted by atomic mass is 9.59. The zero-order valence-corrected chi connectivity index (χ0v) is 48.1. The highest BCUT2D eigenvalue weighted by molar-refractivity contribution is 7.90. The van der Waals surface area contributed by atoms with Gasteiger partial charge >= 0.3 is 0 Å². The molecule has 2 saturated heterocycles. The highest BCUT2D eigenvalue weighted by Crippen LogP contribution is 2.54. The lowest BCUT2D eigenvalue weighted by Gasteiger charge is -2.58. The van der Waals surface area contributed by atoms with E-state index in [1.54, 1.807) is 12.1 Å². The van der Waals surface area contributed by atoms with Crippen LogP contribution in [0.4, 0.5) is 21.5 Å². The Balaban J connectivity index is 0.729. The summed E-state index contributed by atoms with van der Waals surface area (Å²) in [6, 6.07) is 20.2. The van der Waals surface area contributed by atoms with Gasteiger partial charge in [-0.25, -0.2) is 32.5 Å². The van der Waals surface area contributed by atoms with Crippen molar-refractivity contribution < 1.29 is 41.7 Å². The number of benzene rings is 3. The van der Waals surface area contributed by atoms with Crippen molar-refractivity contribution >= 4 is 49.9 Å². The Bertz CT molecular complexity index is 3580. The number of piperazine rings is 1. The molecule has 1 amide bonds. The maximum Gasteiger partial charge on any atom is 0.268 e. The van der Waals surface area contributed by atoms with Crippen molar-refractivity contribution in [2.75, 3.05) is 69.0 Å². The molecule has 4 aliphatic carbocycles. The summed E-state index contributed by atoms with van der Waals surface area (Å²) in [4.78, 5) is 38.6. The molecule has 1 spiro atoms. The lowest BCUT2D eigenvalue weighted by molar-refractivity contribution is -0.0628. The van der Waals surface area contributed by atoms with E-state index in [1.807, 2.05) is 19.2 Å². The number of hydrogen-bond acceptors (Lipinski definition) is 16. The molecule has 18 nitrogen and oxygen atoms in total. The summed E-state index contributed by atoms with van der Waals surface area (Å²) < 4.78 is 70.5. The van der Waals surface area contributed by atoms with E-state index in [2.05, 4.69) is 94.2 Å². The number of ether oxygens (including phenoxy) is 4. The Morgan fingerprint density at radius 2 is 1.77 bits per heavy atom. The van der Waals surface area contributed by atoms with Crippen molar-refractivity contribution in [2.45, 2.75) is 132 Å². The van der Waals surface area contributed by atoms with E-state index in [0.717, 1.165) is 101 Å². The van der Waals surface area contributed by atoms with Crippen molar-refractivity contribution in [3.63, 3.8) is 0 Å². The van der Waals surface area contributed by atoms with Crippen LogP contribution in [0.1, 0.15) is 129 Å². The fraction of sp³-hybridized carbons (Fsp3) is 0.484. The van der Waals surface area contributed by atoms with E-state index in [1.165, 1.54) is 55.4 Å². The molecule has 2 unspecified atom stereocenters. The number of hydrogen-bond donors (Lipinski definition) is 5. The predicted molar refractivity (Wildman–Crippen MR) is 311 cm³/mol. The number of sulfonamides is 1. The summed E-state index contributed by atoms with van der Waals surface area (Å²) in [5.41, 5.74) is 7.13. The van der Waals surface area contributed by atoms with Gasteiger partial charge in [0.15, 0.2) is 5.75 Å². The second-order valence-corrected chi connectivity index (χ2v) is 26.1. The second kappa shape index (κ2) is 21.3. The number of methoxy groups -OCH3 is 2. The van der Waals surface area contributed by atoms with Crippen LogP contribution in [-0.4, -0.2) is 126 Å². The zero-order chi connectivity index (χ0) is 56.7. The number of piperidine rings is 1. The number of anilines is 3. The number of aromatic amines is 1. The summed E-state index contributed by atoms with van der Waals surface area (Å²) in [5, 5.41) is 17.7. The van der Waals surface area contributed by atoms with E-state index in [0.29, 0.717) is 66.6 Å². The first-order valence-corrected chi connectivity index (χ1v) is 30.6. The third-order valence-corrected chi connectivity index (χ3v) is 20.1. The van der Waals surface area contributed by atoms with Gasteiger partial charge in [0.25, 0.3) is 21.8 Å². The molecule has 20 heteroatoms. The lowest BCUT2D eigenvalue weighted by Crippen LogP contribution is -2.60. The molecule has 3 atom stereocenters. The van der Waals surface area contributed by atoms with E-state index < -0.39 is 27.4 Å². The van der Waals surface area contributed by atoms with Crippen molar-refractivity contribution in [3.8, 4) is 29.0 Å². The monoisotopic (exact) mass is 1140 g/mol. The van der Waals surface area contributed by atoms with Gasteiger partial charge in [0.1, 0.15) is 45.2 Å². The molecular formula is C62H73FN10O8S. The number of aliphatic hydroxyl groups is 1. The maximum absolute atomic E-state index is 15.1. The number of nitrogens with zero attached hydrogens (tertiary/aromatic N) is 6. The smallest absolute Gasteiger partial charge is 0.268 e. The Morgan fingerprint density at radius 3 is 2.55 bits per heavy atom. The third kappa shape index (κ3) is 10.4.